The van der Waals surface area contributed by atoms with Crippen molar-refractivity contribution in [3.8, 4) is 0 Å². The van der Waals surface area contributed by atoms with Crippen LogP contribution in [0.5, 0.6) is 0 Å². The highest BCUT2D eigenvalue weighted by atomic mass is 19.4. The Morgan fingerprint density at radius 1 is 1.15 bits per heavy atom. The largest absolute Gasteiger partial charge is 0.416 e. The van der Waals surface area contributed by atoms with E-state index in [1.807, 2.05) is 0 Å². The Balaban J connectivity index is 1.69. The van der Waals surface area contributed by atoms with Gasteiger partial charge in [-0.25, -0.2) is 4.79 Å². The van der Waals surface area contributed by atoms with Crippen LogP contribution in [0.15, 0.2) is 24.3 Å². The van der Waals surface area contributed by atoms with Gasteiger partial charge in [0.1, 0.15) is 0 Å². The molecule has 0 unspecified atom stereocenters. The van der Waals surface area contributed by atoms with E-state index in [0.717, 1.165) is 37.8 Å². The van der Waals surface area contributed by atoms with Crippen molar-refractivity contribution in [3.05, 3.63) is 29.8 Å². The van der Waals surface area contributed by atoms with E-state index in [2.05, 4.69) is 10.6 Å². The maximum absolute atomic E-state index is 12.6. The molecule has 2 N–H and O–H groups in total. The summed E-state index contributed by atoms with van der Waals surface area (Å²) in [4.78, 5) is 26.4. The number of hydrogen-bond acceptors (Lipinski definition) is 2. The standard InChI is InChI=1S/C18H22F3N3O2/c1-22-15(25)14-10-24(11-17(14)8-2-3-9-17)16(26)23-13-6-4-12(5-7-13)18(19,20)21/h4-7,14H,2-3,8-11H2,1H3,(H,22,25)(H,23,26)/t14-/m1/s1. The normalized spacial score (nSPS) is 21.8. The molecule has 1 saturated carbocycles. The van der Waals surface area contributed by atoms with Gasteiger partial charge in [-0.05, 0) is 37.1 Å². The van der Waals surface area contributed by atoms with Gasteiger partial charge in [-0.1, -0.05) is 12.8 Å². The Morgan fingerprint density at radius 3 is 2.31 bits per heavy atom. The zero-order valence-corrected chi connectivity index (χ0v) is 14.5. The van der Waals surface area contributed by atoms with Crippen LogP contribution in [-0.2, 0) is 11.0 Å². The molecular formula is C18H22F3N3O2. The van der Waals surface area contributed by atoms with Crippen molar-refractivity contribution in [2.45, 2.75) is 31.9 Å². The highest BCUT2D eigenvalue weighted by molar-refractivity contribution is 5.90. The first kappa shape index (κ1) is 18.5. The van der Waals surface area contributed by atoms with Crippen molar-refractivity contribution >= 4 is 17.6 Å². The molecule has 142 valence electrons. The third kappa shape index (κ3) is 3.50. The van der Waals surface area contributed by atoms with Crippen molar-refractivity contribution in [1.82, 2.24) is 10.2 Å². The quantitative estimate of drug-likeness (QED) is 0.839. The third-order valence-electron chi connectivity index (χ3n) is 5.56. The second-order valence-corrected chi connectivity index (χ2v) is 7.12. The van der Waals surface area contributed by atoms with E-state index in [-0.39, 0.29) is 23.3 Å². The molecule has 1 atom stereocenters. The minimum absolute atomic E-state index is 0.0586. The predicted molar refractivity (Wildman–Crippen MR) is 90.5 cm³/mol. The van der Waals surface area contributed by atoms with Gasteiger partial charge in [0.05, 0.1) is 11.5 Å². The van der Waals surface area contributed by atoms with Crippen LogP contribution in [0.4, 0.5) is 23.7 Å². The topological polar surface area (TPSA) is 61.4 Å². The van der Waals surface area contributed by atoms with Crippen LogP contribution in [-0.4, -0.2) is 37.0 Å². The van der Waals surface area contributed by atoms with Gasteiger partial charge in [-0.3, -0.25) is 4.79 Å². The Labute approximate surface area is 149 Å². The lowest BCUT2D eigenvalue weighted by molar-refractivity contribution is -0.137. The highest BCUT2D eigenvalue weighted by Gasteiger charge is 2.52. The lowest BCUT2D eigenvalue weighted by Gasteiger charge is -2.28. The molecule has 8 heteroatoms. The molecule has 1 aliphatic carbocycles. The molecule has 0 bridgehead atoms. The first-order chi connectivity index (χ1) is 12.2. The number of rotatable bonds is 2. The van der Waals surface area contributed by atoms with Crippen molar-refractivity contribution in [1.29, 1.82) is 0 Å². The van der Waals surface area contributed by atoms with Crippen LogP contribution in [0.2, 0.25) is 0 Å². The van der Waals surface area contributed by atoms with Gasteiger partial charge in [-0.15, -0.1) is 0 Å². The lowest BCUT2D eigenvalue weighted by atomic mass is 9.76. The van der Waals surface area contributed by atoms with Crippen LogP contribution in [0.1, 0.15) is 31.2 Å². The molecule has 5 nitrogen and oxygen atoms in total. The van der Waals surface area contributed by atoms with Crippen molar-refractivity contribution in [3.63, 3.8) is 0 Å². The average molecular weight is 369 g/mol. The number of carbonyl (C=O) groups is 2. The zero-order chi connectivity index (χ0) is 18.9. The number of benzene rings is 1. The minimum atomic E-state index is -4.41. The summed E-state index contributed by atoms with van der Waals surface area (Å²) >= 11 is 0. The summed E-state index contributed by atoms with van der Waals surface area (Å²) in [5.41, 5.74) is -0.648. The van der Waals surface area contributed by atoms with Crippen LogP contribution in [0.3, 0.4) is 0 Å². The smallest absolute Gasteiger partial charge is 0.359 e. The maximum atomic E-state index is 12.6. The summed E-state index contributed by atoms with van der Waals surface area (Å²) in [5, 5.41) is 5.32. The molecule has 1 aromatic carbocycles. The molecule has 3 amide bonds. The van der Waals surface area contributed by atoms with Crippen molar-refractivity contribution < 1.29 is 22.8 Å². The Bertz CT molecular complexity index is 682. The number of anilines is 1. The predicted octanol–water partition coefficient (Wildman–Crippen LogP) is 3.48. The van der Waals surface area contributed by atoms with Crippen LogP contribution >= 0.6 is 0 Å². The second-order valence-electron chi connectivity index (χ2n) is 7.12. The van der Waals surface area contributed by atoms with E-state index < -0.39 is 11.7 Å². The number of halogens is 3. The van der Waals surface area contributed by atoms with Crippen LogP contribution in [0, 0.1) is 11.3 Å². The maximum Gasteiger partial charge on any atom is 0.416 e. The Hall–Kier alpha value is -2.25. The highest BCUT2D eigenvalue weighted by Crippen LogP contribution is 2.49. The number of nitrogens with zero attached hydrogens (tertiary/aromatic N) is 1. The molecule has 0 radical (unpaired) electrons. The first-order valence-corrected chi connectivity index (χ1v) is 8.70. The number of amides is 3. The fraction of sp³-hybridized carbons (Fsp3) is 0.556. The van der Waals surface area contributed by atoms with E-state index in [9.17, 15) is 22.8 Å². The summed E-state index contributed by atoms with van der Waals surface area (Å²) in [6.07, 6.45) is -0.499. The van der Waals surface area contributed by atoms with E-state index in [0.29, 0.717) is 18.8 Å². The SMILES string of the molecule is CNC(=O)[C@H]1CN(C(=O)Nc2ccc(C(F)(F)F)cc2)CC12CCCC2. The van der Waals surface area contributed by atoms with E-state index in [1.165, 1.54) is 12.1 Å². The van der Waals surface area contributed by atoms with Crippen molar-refractivity contribution in [2.75, 3.05) is 25.5 Å². The van der Waals surface area contributed by atoms with Crippen molar-refractivity contribution in [2.24, 2.45) is 11.3 Å². The minimum Gasteiger partial charge on any atom is -0.359 e. The lowest BCUT2D eigenvalue weighted by Crippen LogP contribution is -2.38. The molecule has 1 aromatic rings. The van der Waals surface area contributed by atoms with Crippen LogP contribution in [0.25, 0.3) is 0 Å². The molecule has 26 heavy (non-hydrogen) atoms. The molecule has 1 saturated heterocycles. The molecule has 2 aliphatic rings. The monoisotopic (exact) mass is 369 g/mol. The molecular weight excluding hydrogens is 347 g/mol. The van der Waals surface area contributed by atoms with Crippen LogP contribution < -0.4 is 10.6 Å². The summed E-state index contributed by atoms with van der Waals surface area (Å²) in [6.45, 7) is 0.823. The molecule has 1 heterocycles. The van der Waals surface area contributed by atoms with E-state index >= 15 is 0 Å². The second kappa shape index (κ2) is 6.81. The van der Waals surface area contributed by atoms with Gasteiger partial charge in [0, 0.05) is 31.2 Å². The number of carbonyl (C=O) groups excluding carboxylic acids is 2. The number of hydrogen-bond donors (Lipinski definition) is 2. The molecule has 0 aromatic heterocycles. The Morgan fingerprint density at radius 2 is 1.77 bits per heavy atom. The summed E-state index contributed by atoms with van der Waals surface area (Å²) < 4.78 is 37.8. The average Bonchev–Trinajstić information content (AvgIpc) is 3.22. The summed E-state index contributed by atoms with van der Waals surface area (Å²) in [6, 6.07) is 3.95. The van der Waals surface area contributed by atoms with E-state index in [4.69, 9.17) is 0 Å². The molecule has 1 spiro atoms. The first-order valence-electron chi connectivity index (χ1n) is 8.70. The van der Waals surface area contributed by atoms with Gasteiger partial charge < -0.3 is 15.5 Å². The molecule has 1 aliphatic heterocycles. The Kier molecular flexibility index (Phi) is 4.86. The van der Waals surface area contributed by atoms with Gasteiger partial charge in [0.2, 0.25) is 5.91 Å². The van der Waals surface area contributed by atoms with Gasteiger partial charge in [-0.2, -0.15) is 13.2 Å². The number of urea groups is 1. The molecule has 2 fully saturated rings. The summed E-state index contributed by atoms with van der Waals surface area (Å²) in [5.74, 6) is -0.301. The van der Waals surface area contributed by atoms with Gasteiger partial charge in [0.25, 0.3) is 0 Å². The summed E-state index contributed by atoms with van der Waals surface area (Å²) in [7, 11) is 1.59. The number of likely N-dealkylation sites (tertiary alicyclic amines) is 1. The van der Waals surface area contributed by atoms with Gasteiger partial charge >= 0.3 is 12.2 Å². The van der Waals surface area contributed by atoms with Gasteiger partial charge in [0.15, 0.2) is 0 Å². The van der Waals surface area contributed by atoms with E-state index in [1.54, 1.807) is 11.9 Å². The third-order valence-corrected chi connectivity index (χ3v) is 5.56. The number of nitrogens with one attached hydrogen (secondary N) is 2. The zero-order valence-electron chi connectivity index (χ0n) is 14.5. The fourth-order valence-corrected chi connectivity index (χ4v) is 4.19. The molecule has 3 rings (SSSR count). The fourth-order valence-electron chi connectivity index (χ4n) is 4.19. The number of alkyl halides is 3.